The van der Waals surface area contributed by atoms with E-state index < -0.39 is 6.10 Å². The average molecular weight is 161 g/mol. The minimum atomic E-state index is -0.472. The minimum absolute atomic E-state index is 0.313. The first-order chi connectivity index (χ1) is 5.90. The molecule has 60 valence electrons. The average Bonchev–Trinajstić information content (AvgIpc) is 2.17. The van der Waals surface area contributed by atoms with Crippen LogP contribution in [-0.2, 0) is 0 Å². The lowest BCUT2D eigenvalue weighted by atomic mass is 10.3. The summed E-state index contributed by atoms with van der Waals surface area (Å²) < 4.78 is 10.6. The Bertz CT molecular complexity index is 330. The van der Waals surface area contributed by atoms with Gasteiger partial charge in [0.15, 0.2) is 11.5 Å². The van der Waals surface area contributed by atoms with Crippen LogP contribution in [0.15, 0.2) is 24.3 Å². The van der Waals surface area contributed by atoms with E-state index in [0.29, 0.717) is 18.1 Å². The fraction of sp³-hybridized carbons (Fsp3) is 0.222. The normalized spacial score (nSPS) is 19.8. The van der Waals surface area contributed by atoms with Gasteiger partial charge in [0.25, 0.3) is 0 Å². The van der Waals surface area contributed by atoms with Gasteiger partial charge in [0, 0.05) is 0 Å². The molecule has 0 amide bonds. The molecule has 0 saturated carbocycles. The number of hydrogen-bond donors (Lipinski definition) is 0. The summed E-state index contributed by atoms with van der Waals surface area (Å²) >= 11 is 0. The molecule has 0 radical (unpaired) electrons. The SMILES string of the molecule is N#CC1COc2ccccc2O1. The topological polar surface area (TPSA) is 42.2 Å². The number of ether oxygens (including phenoxy) is 2. The number of nitriles is 1. The van der Waals surface area contributed by atoms with Gasteiger partial charge in [0.1, 0.15) is 12.7 Å². The van der Waals surface area contributed by atoms with Crippen molar-refractivity contribution in [3.63, 3.8) is 0 Å². The van der Waals surface area contributed by atoms with Crippen LogP contribution in [0, 0.1) is 11.3 Å². The number of rotatable bonds is 0. The molecule has 12 heavy (non-hydrogen) atoms. The van der Waals surface area contributed by atoms with E-state index in [9.17, 15) is 0 Å². The molecule has 0 saturated heterocycles. The fourth-order valence-electron chi connectivity index (χ4n) is 1.08. The molecule has 1 heterocycles. The Morgan fingerprint density at radius 2 is 2.08 bits per heavy atom. The Kier molecular flexibility index (Phi) is 1.60. The van der Waals surface area contributed by atoms with Gasteiger partial charge in [-0.1, -0.05) is 12.1 Å². The van der Waals surface area contributed by atoms with Crippen LogP contribution in [0.4, 0.5) is 0 Å². The van der Waals surface area contributed by atoms with Crippen molar-refractivity contribution in [3.05, 3.63) is 24.3 Å². The molecular formula is C9H7NO2. The molecule has 1 aromatic carbocycles. The molecule has 1 atom stereocenters. The van der Waals surface area contributed by atoms with Gasteiger partial charge in [-0.15, -0.1) is 0 Å². The van der Waals surface area contributed by atoms with E-state index >= 15 is 0 Å². The van der Waals surface area contributed by atoms with Gasteiger partial charge in [-0.25, -0.2) is 0 Å². The smallest absolute Gasteiger partial charge is 0.218 e. The highest BCUT2D eigenvalue weighted by molar-refractivity contribution is 5.41. The van der Waals surface area contributed by atoms with Crippen molar-refractivity contribution < 1.29 is 9.47 Å². The van der Waals surface area contributed by atoms with Crippen LogP contribution in [0.1, 0.15) is 0 Å². The molecule has 1 aromatic rings. The van der Waals surface area contributed by atoms with Crippen molar-refractivity contribution in [1.82, 2.24) is 0 Å². The lowest BCUT2D eigenvalue weighted by Gasteiger charge is -2.21. The molecule has 3 heteroatoms. The zero-order chi connectivity index (χ0) is 8.39. The third kappa shape index (κ3) is 1.08. The Labute approximate surface area is 70.1 Å². The second-order valence-corrected chi connectivity index (χ2v) is 2.49. The first-order valence-corrected chi connectivity index (χ1v) is 3.68. The molecule has 0 N–H and O–H groups in total. The second kappa shape index (κ2) is 2.74. The number of para-hydroxylation sites is 2. The van der Waals surface area contributed by atoms with Crippen LogP contribution in [0.25, 0.3) is 0 Å². The maximum atomic E-state index is 8.56. The molecule has 0 bridgehead atoms. The number of nitrogens with zero attached hydrogens (tertiary/aromatic N) is 1. The van der Waals surface area contributed by atoms with Crippen molar-refractivity contribution in [2.45, 2.75) is 6.10 Å². The van der Waals surface area contributed by atoms with Crippen LogP contribution < -0.4 is 9.47 Å². The third-order valence-electron chi connectivity index (χ3n) is 1.65. The largest absolute Gasteiger partial charge is 0.485 e. The summed E-state index contributed by atoms with van der Waals surface area (Å²) in [5.74, 6) is 1.36. The van der Waals surface area contributed by atoms with E-state index in [1.54, 1.807) is 6.07 Å². The summed E-state index contributed by atoms with van der Waals surface area (Å²) in [5.41, 5.74) is 0. The summed E-state index contributed by atoms with van der Waals surface area (Å²) in [6, 6.07) is 9.33. The first kappa shape index (κ1) is 6.99. The molecular weight excluding hydrogens is 154 g/mol. The molecule has 0 fully saturated rings. The number of fused-ring (bicyclic) bond motifs is 1. The predicted octanol–water partition coefficient (Wildman–Crippen LogP) is 1.35. The van der Waals surface area contributed by atoms with Gasteiger partial charge in [0.05, 0.1) is 0 Å². The van der Waals surface area contributed by atoms with Crippen molar-refractivity contribution in [3.8, 4) is 17.6 Å². The predicted molar refractivity (Wildman–Crippen MR) is 42.0 cm³/mol. The maximum Gasteiger partial charge on any atom is 0.218 e. The fourth-order valence-corrected chi connectivity index (χ4v) is 1.08. The van der Waals surface area contributed by atoms with Crippen LogP contribution in [0.3, 0.4) is 0 Å². The maximum absolute atomic E-state index is 8.56. The van der Waals surface area contributed by atoms with Crippen molar-refractivity contribution >= 4 is 0 Å². The van der Waals surface area contributed by atoms with Gasteiger partial charge in [-0.3, -0.25) is 0 Å². The molecule has 1 unspecified atom stereocenters. The standard InChI is InChI=1S/C9H7NO2/c10-5-7-6-11-8-3-1-2-4-9(8)12-7/h1-4,7H,6H2. The Balaban J connectivity index is 2.30. The van der Waals surface area contributed by atoms with E-state index in [4.69, 9.17) is 14.7 Å². The quantitative estimate of drug-likeness (QED) is 0.576. The zero-order valence-electron chi connectivity index (χ0n) is 6.36. The Hall–Kier alpha value is -1.69. The number of benzene rings is 1. The molecule has 0 aliphatic carbocycles. The van der Waals surface area contributed by atoms with Crippen molar-refractivity contribution in [2.75, 3.05) is 6.61 Å². The highest BCUT2D eigenvalue weighted by Crippen LogP contribution is 2.30. The van der Waals surface area contributed by atoms with Gasteiger partial charge < -0.3 is 9.47 Å². The summed E-state index contributed by atoms with van der Waals surface area (Å²) in [6.45, 7) is 0.313. The lowest BCUT2D eigenvalue weighted by Crippen LogP contribution is -2.27. The van der Waals surface area contributed by atoms with Crippen LogP contribution in [0.2, 0.25) is 0 Å². The van der Waals surface area contributed by atoms with Gasteiger partial charge in [0.2, 0.25) is 6.10 Å². The highest BCUT2D eigenvalue weighted by Gasteiger charge is 2.18. The second-order valence-electron chi connectivity index (χ2n) is 2.49. The number of hydrogen-bond acceptors (Lipinski definition) is 3. The molecule has 3 nitrogen and oxygen atoms in total. The van der Waals surface area contributed by atoms with Crippen LogP contribution >= 0.6 is 0 Å². The van der Waals surface area contributed by atoms with E-state index in [1.165, 1.54) is 0 Å². The lowest BCUT2D eigenvalue weighted by molar-refractivity contribution is 0.127. The summed E-state index contributed by atoms with van der Waals surface area (Å²) in [5, 5.41) is 8.56. The van der Waals surface area contributed by atoms with Gasteiger partial charge in [-0.05, 0) is 12.1 Å². The zero-order valence-corrected chi connectivity index (χ0v) is 6.36. The first-order valence-electron chi connectivity index (χ1n) is 3.68. The van der Waals surface area contributed by atoms with E-state index in [-0.39, 0.29) is 0 Å². The van der Waals surface area contributed by atoms with E-state index in [0.717, 1.165) is 0 Å². The third-order valence-corrected chi connectivity index (χ3v) is 1.65. The van der Waals surface area contributed by atoms with Gasteiger partial charge in [-0.2, -0.15) is 5.26 Å². The minimum Gasteiger partial charge on any atom is -0.485 e. The monoisotopic (exact) mass is 161 g/mol. The van der Waals surface area contributed by atoms with Crippen molar-refractivity contribution in [2.24, 2.45) is 0 Å². The van der Waals surface area contributed by atoms with E-state index in [2.05, 4.69) is 0 Å². The molecule has 1 aliphatic heterocycles. The highest BCUT2D eigenvalue weighted by atomic mass is 16.6. The van der Waals surface area contributed by atoms with Crippen LogP contribution in [-0.4, -0.2) is 12.7 Å². The van der Waals surface area contributed by atoms with E-state index in [1.807, 2.05) is 24.3 Å². The van der Waals surface area contributed by atoms with Crippen molar-refractivity contribution in [1.29, 1.82) is 5.26 Å². The molecule has 2 rings (SSSR count). The molecule has 1 aliphatic rings. The molecule has 0 spiro atoms. The summed E-state index contributed by atoms with van der Waals surface area (Å²) in [7, 11) is 0. The molecule has 0 aromatic heterocycles. The Morgan fingerprint density at radius 3 is 2.83 bits per heavy atom. The summed E-state index contributed by atoms with van der Waals surface area (Å²) in [4.78, 5) is 0. The van der Waals surface area contributed by atoms with Gasteiger partial charge >= 0.3 is 0 Å². The summed E-state index contributed by atoms with van der Waals surface area (Å²) in [6.07, 6.45) is -0.472. The van der Waals surface area contributed by atoms with Crippen LogP contribution in [0.5, 0.6) is 11.5 Å². The Morgan fingerprint density at radius 1 is 1.33 bits per heavy atom.